The minimum atomic E-state index is 0.205. The fraction of sp³-hybridized carbons (Fsp3) is 1.00. The molecule has 2 heteroatoms. The summed E-state index contributed by atoms with van der Waals surface area (Å²) in [6.45, 7) is 7.74. The Morgan fingerprint density at radius 2 is 1.70 bits per heavy atom. The van der Waals surface area contributed by atoms with Gasteiger partial charge in [0.05, 0.1) is 3.23 Å². The highest BCUT2D eigenvalue weighted by molar-refractivity contribution is 9.25. The van der Waals surface area contributed by atoms with E-state index in [0.29, 0.717) is 10.8 Å². The number of rotatable bonds is 1. The van der Waals surface area contributed by atoms with Crippen molar-refractivity contribution in [3.63, 3.8) is 0 Å². The standard InChI is InChI=1S/C21H34Br2/c1-4-14-13-21(22,23)18-16-9-8-15-7-5-6-11-19(15,2)17(16)10-12-20(14,18)3/h14-18H,4-13H2,1-3H3/t14-,15?,16+,17-,18-,19-,20+/m0/s1. The van der Waals surface area contributed by atoms with Crippen LogP contribution in [0.4, 0.5) is 0 Å². The summed E-state index contributed by atoms with van der Waals surface area (Å²) >= 11 is 8.37. The zero-order chi connectivity index (χ0) is 16.5. The molecule has 0 saturated heterocycles. The summed E-state index contributed by atoms with van der Waals surface area (Å²) < 4.78 is 0.205. The van der Waals surface area contributed by atoms with Crippen LogP contribution in [0, 0.1) is 40.4 Å². The summed E-state index contributed by atoms with van der Waals surface area (Å²) in [4.78, 5) is 0. The van der Waals surface area contributed by atoms with Crippen LogP contribution in [0.1, 0.15) is 85.0 Å². The van der Waals surface area contributed by atoms with Crippen LogP contribution >= 0.6 is 31.9 Å². The van der Waals surface area contributed by atoms with Gasteiger partial charge in [0.25, 0.3) is 0 Å². The highest BCUT2D eigenvalue weighted by atomic mass is 79.9. The van der Waals surface area contributed by atoms with Crippen LogP contribution in [-0.2, 0) is 0 Å². The number of alkyl halides is 2. The zero-order valence-electron chi connectivity index (χ0n) is 15.2. The molecule has 23 heavy (non-hydrogen) atoms. The molecular formula is C21H34Br2. The van der Waals surface area contributed by atoms with E-state index in [4.69, 9.17) is 0 Å². The van der Waals surface area contributed by atoms with Gasteiger partial charge in [-0.2, -0.15) is 0 Å². The van der Waals surface area contributed by atoms with E-state index in [9.17, 15) is 0 Å². The van der Waals surface area contributed by atoms with E-state index in [1.54, 1.807) is 0 Å². The van der Waals surface area contributed by atoms with Gasteiger partial charge in [-0.1, -0.05) is 71.9 Å². The Labute approximate surface area is 160 Å². The van der Waals surface area contributed by atoms with Gasteiger partial charge in [-0.3, -0.25) is 0 Å². The van der Waals surface area contributed by atoms with Crippen molar-refractivity contribution in [3.05, 3.63) is 0 Å². The van der Waals surface area contributed by atoms with Crippen LogP contribution in [0.3, 0.4) is 0 Å². The van der Waals surface area contributed by atoms with Gasteiger partial charge in [0.15, 0.2) is 0 Å². The van der Waals surface area contributed by atoms with Crippen LogP contribution in [0.25, 0.3) is 0 Å². The molecule has 0 bridgehead atoms. The van der Waals surface area contributed by atoms with Crippen molar-refractivity contribution in [2.75, 3.05) is 0 Å². The number of fused-ring (bicyclic) bond motifs is 5. The van der Waals surface area contributed by atoms with Crippen LogP contribution in [-0.4, -0.2) is 3.23 Å². The summed E-state index contributed by atoms with van der Waals surface area (Å²) in [5.74, 6) is 4.70. The summed E-state index contributed by atoms with van der Waals surface area (Å²) in [6.07, 6.45) is 14.7. The Morgan fingerprint density at radius 3 is 2.43 bits per heavy atom. The largest absolute Gasteiger partial charge is 0.0844 e. The lowest BCUT2D eigenvalue weighted by Crippen LogP contribution is -2.54. The quantitative estimate of drug-likeness (QED) is 0.365. The van der Waals surface area contributed by atoms with Gasteiger partial charge in [-0.25, -0.2) is 0 Å². The van der Waals surface area contributed by atoms with Gasteiger partial charge in [-0.05, 0) is 85.4 Å². The second-order valence-corrected chi connectivity index (χ2v) is 13.8. The molecule has 132 valence electrons. The fourth-order valence-corrected chi connectivity index (χ4v) is 10.6. The Bertz CT molecular complexity index is 472. The molecule has 0 aliphatic heterocycles. The van der Waals surface area contributed by atoms with Gasteiger partial charge < -0.3 is 0 Å². The summed E-state index contributed by atoms with van der Waals surface area (Å²) in [5.41, 5.74) is 1.21. The topological polar surface area (TPSA) is 0 Å². The Balaban J connectivity index is 1.70. The molecule has 0 N–H and O–H groups in total. The number of hydrogen-bond donors (Lipinski definition) is 0. The second kappa shape index (κ2) is 5.73. The molecule has 0 aromatic carbocycles. The SMILES string of the molecule is CC[C@H]1CC(Br)(Br)[C@H]2[C@@H]3CCC4CCCC[C@]4(C)[C@H]3CC[C@]12C. The lowest BCUT2D eigenvalue weighted by Gasteiger charge is -2.61. The van der Waals surface area contributed by atoms with Crippen LogP contribution in [0.2, 0.25) is 0 Å². The lowest BCUT2D eigenvalue weighted by atomic mass is 9.45. The molecule has 0 aromatic heterocycles. The maximum absolute atomic E-state index is 4.18. The summed E-state index contributed by atoms with van der Waals surface area (Å²) in [7, 11) is 0. The Morgan fingerprint density at radius 1 is 0.913 bits per heavy atom. The van der Waals surface area contributed by atoms with Gasteiger partial charge >= 0.3 is 0 Å². The van der Waals surface area contributed by atoms with Crippen LogP contribution in [0.15, 0.2) is 0 Å². The van der Waals surface area contributed by atoms with Crippen molar-refractivity contribution < 1.29 is 0 Å². The molecule has 4 rings (SSSR count). The minimum Gasteiger partial charge on any atom is -0.0724 e. The van der Waals surface area contributed by atoms with E-state index in [2.05, 4.69) is 52.6 Å². The predicted molar refractivity (Wildman–Crippen MR) is 106 cm³/mol. The Kier molecular flexibility index (Phi) is 4.33. The van der Waals surface area contributed by atoms with Crippen molar-refractivity contribution >= 4 is 31.9 Å². The monoisotopic (exact) mass is 444 g/mol. The van der Waals surface area contributed by atoms with Crippen molar-refractivity contribution in [3.8, 4) is 0 Å². The third-order valence-electron chi connectivity index (χ3n) is 9.19. The van der Waals surface area contributed by atoms with Crippen molar-refractivity contribution in [2.24, 2.45) is 40.4 Å². The van der Waals surface area contributed by atoms with Crippen molar-refractivity contribution in [1.82, 2.24) is 0 Å². The van der Waals surface area contributed by atoms with Gasteiger partial charge in [0.1, 0.15) is 0 Å². The Hall–Kier alpha value is 0.960. The maximum atomic E-state index is 4.18. The second-order valence-electron chi connectivity index (χ2n) is 9.89. The molecule has 0 heterocycles. The first-order valence-corrected chi connectivity index (χ1v) is 11.8. The maximum Gasteiger partial charge on any atom is 0.0844 e. The smallest absolute Gasteiger partial charge is 0.0724 e. The molecule has 0 aromatic rings. The lowest BCUT2D eigenvalue weighted by molar-refractivity contribution is -0.110. The van der Waals surface area contributed by atoms with Crippen molar-refractivity contribution in [1.29, 1.82) is 0 Å². The normalized spacial score (nSPS) is 54.9. The van der Waals surface area contributed by atoms with E-state index in [1.807, 2.05) is 0 Å². The third-order valence-corrected chi connectivity index (χ3v) is 10.8. The van der Waals surface area contributed by atoms with E-state index < -0.39 is 0 Å². The van der Waals surface area contributed by atoms with Crippen LogP contribution < -0.4 is 0 Å². The molecular weight excluding hydrogens is 412 g/mol. The third kappa shape index (κ3) is 2.39. The molecule has 1 unspecified atom stereocenters. The van der Waals surface area contributed by atoms with E-state index in [-0.39, 0.29) is 3.23 Å². The summed E-state index contributed by atoms with van der Waals surface area (Å²) in [6, 6.07) is 0. The molecule has 0 nitrogen and oxygen atoms in total. The molecule has 4 aliphatic carbocycles. The highest BCUT2D eigenvalue weighted by Gasteiger charge is 2.65. The molecule has 4 saturated carbocycles. The molecule has 4 aliphatic rings. The molecule has 0 amide bonds. The van der Waals surface area contributed by atoms with E-state index in [0.717, 1.165) is 29.6 Å². The molecule has 0 spiro atoms. The zero-order valence-corrected chi connectivity index (χ0v) is 18.4. The molecule has 4 fully saturated rings. The first-order chi connectivity index (χ1) is 10.8. The van der Waals surface area contributed by atoms with Gasteiger partial charge in [0.2, 0.25) is 0 Å². The van der Waals surface area contributed by atoms with Gasteiger partial charge in [-0.15, -0.1) is 0 Å². The number of halogens is 2. The predicted octanol–water partition coefficient (Wildman–Crippen LogP) is 7.54. The molecule has 7 atom stereocenters. The first-order valence-electron chi connectivity index (χ1n) is 10.2. The van der Waals surface area contributed by atoms with E-state index >= 15 is 0 Å². The minimum absolute atomic E-state index is 0.205. The van der Waals surface area contributed by atoms with E-state index in [1.165, 1.54) is 64.2 Å². The van der Waals surface area contributed by atoms with Crippen LogP contribution in [0.5, 0.6) is 0 Å². The van der Waals surface area contributed by atoms with Gasteiger partial charge in [0, 0.05) is 0 Å². The molecule has 0 radical (unpaired) electrons. The highest BCUT2D eigenvalue weighted by Crippen LogP contribution is 2.72. The summed E-state index contributed by atoms with van der Waals surface area (Å²) in [5, 5.41) is 0. The average Bonchev–Trinajstić information content (AvgIpc) is 2.72. The average molecular weight is 446 g/mol. The van der Waals surface area contributed by atoms with Crippen molar-refractivity contribution in [2.45, 2.75) is 88.2 Å². The number of hydrogen-bond acceptors (Lipinski definition) is 0. The fourth-order valence-electron chi connectivity index (χ4n) is 8.08. The first kappa shape index (κ1) is 17.4.